The Morgan fingerprint density at radius 3 is 2.79 bits per heavy atom. The van der Waals surface area contributed by atoms with Crippen LogP contribution in [0.3, 0.4) is 0 Å². The Bertz CT molecular complexity index is 513. The smallest absolute Gasteiger partial charge is 0.354 e. The summed E-state index contributed by atoms with van der Waals surface area (Å²) in [5.74, 6) is -1.07. The van der Waals surface area contributed by atoms with Gasteiger partial charge in [-0.2, -0.15) is 0 Å². The quantitative estimate of drug-likeness (QED) is 0.779. The second-order valence-corrected chi connectivity index (χ2v) is 3.16. The van der Waals surface area contributed by atoms with Crippen molar-refractivity contribution in [2.45, 2.75) is 0 Å². The number of hydrogen-bond donors (Lipinski definition) is 1. The van der Waals surface area contributed by atoms with E-state index >= 15 is 0 Å². The van der Waals surface area contributed by atoms with E-state index in [-0.39, 0.29) is 5.69 Å². The predicted molar refractivity (Wildman–Crippen MR) is 51.5 cm³/mol. The van der Waals surface area contributed by atoms with Gasteiger partial charge in [0.2, 0.25) is 0 Å². The summed E-state index contributed by atoms with van der Waals surface area (Å²) in [6.07, 6.45) is 2.91. The first kappa shape index (κ1) is 8.90. The summed E-state index contributed by atoms with van der Waals surface area (Å²) in [4.78, 5) is 18.3. The normalized spacial score (nSPS) is 10.4. The molecule has 2 heterocycles. The van der Waals surface area contributed by atoms with E-state index in [1.807, 2.05) is 0 Å². The molecular weight excluding hydrogens is 204 g/mol. The van der Waals surface area contributed by atoms with Gasteiger partial charge in [0.1, 0.15) is 5.69 Å². The first-order chi connectivity index (χ1) is 6.66. The average Bonchev–Trinajstić information content (AvgIpc) is 2.16. The van der Waals surface area contributed by atoms with Gasteiger partial charge >= 0.3 is 5.97 Å². The molecule has 14 heavy (non-hydrogen) atoms. The molecule has 0 fully saturated rings. The van der Waals surface area contributed by atoms with Crippen LogP contribution in [0.5, 0.6) is 0 Å². The van der Waals surface area contributed by atoms with E-state index in [0.717, 1.165) is 5.39 Å². The van der Waals surface area contributed by atoms with Crippen LogP contribution < -0.4 is 0 Å². The van der Waals surface area contributed by atoms with Crippen molar-refractivity contribution >= 4 is 28.5 Å². The Balaban J connectivity index is 2.67. The lowest BCUT2D eigenvalue weighted by atomic mass is 10.2. The van der Waals surface area contributed by atoms with Gasteiger partial charge in [-0.3, -0.25) is 4.98 Å². The maximum absolute atomic E-state index is 10.6. The maximum atomic E-state index is 10.6. The van der Waals surface area contributed by atoms with Gasteiger partial charge in [-0.25, -0.2) is 9.78 Å². The van der Waals surface area contributed by atoms with Crippen LogP contribution in [-0.2, 0) is 0 Å². The molecule has 4 nitrogen and oxygen atoms in total. The van der Waals surface area contributed by atoms with Crippen molar-refractivity contribution in [1.82, 2.24) is 9.97 Å². The molecule has 2 aromatic heterocycles. The zero-order valence-corrected chi connectivity index (χ0v) is 7.69. The predicted octanol–water partition coefficient (Wildman–Crippen LogP) is 1.98. The highest BCUT2D eigenvalue weighted by atomic mass is 35.5. The molecule has 0 aliphatic carbocycles. The molecule has 2 aromatic rings. The number of fused-ring (bicyclic) bond motifs is 1. The van der Waals surface area contributed by atoms with Crippen molar-refractivity contribution < 1.29 is 9.90 Å². The molecule has 0 bridgehead atoms. The van der Waals surface area contributed by atoms with Crippen LogP contribution in [-0.4, -0.2) is 21.0 Å². The number of aromatic carboxylic acids is 1. The fourth-order valence-corrected chi connectivity index (χ4v) is 1.28. The van der Waals surface area contributed by atoms with Crippen LogP contribution in [0, 0.1) is 0 Å². The largest absolute Gasteiger partial charge is 0.477 e. The number of nitrogens with zero attached hydrogens (tertiary/aromatic N) is 2. The molecule has 0 atom stereocenters. The highest BCUT2D eigenvalue weighted by Gasteiger charge is 2.05. The van der Waals surface area contributed by atoms with Crippen LogP contribution in [0.4, 0.5) is 0 Å². The van der Waals surface area contributed by atoms with Crippen LogP contribution in [0.25, 0.3) is 10.9 Å². The number of carbonyl (C=O) groups is 1. The van der Waals surface area contributed by atoms with E-state index < -0.39 is 5.97 Å². The number of carboxylic acid groups (broad SMARTS) is 1. The van der Waals surface area contributed by atoms with Gasteiger partial charge < -0.3 is 5.11 Å². The molecule has 0 aliphatic heterocycles. The molecule has 70 valence electrons. The molecule has 2 rings (SSSR count). The van der Waals surface area contributed by atoms with Crippen LogP contribution in [0.2, 0.25) is 5.02 Å². The standard InChI is InChI=1S/C9H5ClN2O2/c10-6-1-5-3-11-8(9(13)14)2-7(5)12-4-6/h1-4H,(H,13,14). The van der Waals surface area contributed by atoms with E-state index in [2.05, 4.69) is 9.97 Å². The number of carboxylic acids is 1. The summed E-state index contributed by atoms with van der Waals surface area (Å²) in [6, 6.07) is 3.09. The third-order valence-corrected chi connectivity index (χ3v) is 1.96. The van der Waals surface area contributed by atoms with Crippen molar-refractivity contribution in [2.24, 2.45) is 0 Å². The summed E-state index contributed by atoms with van der Waals surface area (Å²) >= 11 is 5.71. The molecule has 0 spiro atoms. The molecule has 0 aliphatic rings. The molecule has 1 N–H and O–H groups in total. The minimum Gasteiger partial charge on any atom is -0.477 e. The molecule has 0 radical (unpaired) electrons. The van der Waals surface area contributed by atoms with Gasteiger partial charge in [-0.1, -0.05) is 11.6 Å². The lowest BCUT2D eigenvalue weighted by Crippen LogP contribution is -1.99. The van der Waals surface area contributed by atoms with Gasteiger partial charge in [-0.15, -0.1) is 0 Å². The van der Waals surface area contributed by atoms with Crippen molar-refractivity contribution in [3.8, 4) is 0 Å². The number of pyridine rings is 2. The van der Waals surface area contributed by atoms with Gasteiger partial charge in [0.25, 0.3) is 0 Å². The van der Waals surface area contributed by atoms with E-state index in [9.17, 15) is 4.79 Å². The van der Waals surface area contributed by atoms with Crippen LogP contribution in [0.15, 0.2) is 24.5 Å². The van der Waals surface area contributed by atoms with Crippen molar-refractivity contribution in [2.75, 3.05) is 0 Å². The van der Waals surface area contributed by atoms with Gasteiger partial charge in [0, 0.05) is 17.8 Å². The molecule has 0 saturated carbocycles. The number of rotatable bonds is 1. The fourth-order valence-electron chi connectivity index (χ4n) is 1.11. The Kier molecular flexibility index (Phi) is 2.05. The minimum atomic E-state index is -1.07. The fraction of sp³-hybridized carbons (Fsp3) is 0. The lowest BCUT2D eigenvalue weighted by Gasteiger charge is -1.98. The maximum Gasteiger partial charge on any atom is 0.354 e. The molecule has 5 heteroatoms. The Labute approximate surface area is 84.2 Å². The monoisotopic (exact) mass is 208 g/mol. The average molecular weight is 209 g/mol. The number of halogens is 1. The first-order valence-electron chi connectivity index (χ1n) is 3.81. The summed E-state index contributed by atoms with van der Waals surface area (Å²) in [7, 11) is 0. The molecule has 0 unspecified atom stereocenters. The Morgan fingerprint density at radius 1 is 1.29 bits per heavy atom. The lowest BCUT2D eigenvalue weighted by molar-refractivity contribution is 0.0690. The summed E-state index contributed by atoms with van der Waals surface area (Å²) < 4.78 is 0. The van der Waals surface area contributed by atoms with Crippen LogP contribution in [0.1, 0.15) is 10.5 Å². The van der Waals surface area contributed by atoms with Crippen molar-refractivity contribution in [3.05, 3.63) is 35.2 Å². The first-order valence-corrected chi connectivity index (χ1v) is 4.19. The van der Waals surface area contributed by atoms with Crippen molar-refractivity contribution in [1.29, 1.82) is 0 Å². The third kappa shape index (κ3) is 1.52. The second-order valence-electron chi connectivity index (χ2n) is 2.72. The highest BCUT2D eigenvalue weighted by molar-refractivity contribution is 6.31. The summed E-state index contributed by atoms with van der Waals surface area (Å²) in [5.41, 5.74) is 0.550. The summed E-state index contributed by atoms with van der Waals surface area (Å²) in [5, 5.41) is 9.91. The van der Waals surface area contributed by atoms with E-state index in [1.54, 1.807) is 6.07 Å². The van der Waals surface area contributed by atoms with E-state index in [0.29, 0.717) is 10.5 Å². The zero-order chi connectivity index (χ0) is 10.1. The van der Waals surface area contributed by atoms with Crippen LogP contribution >= 0.6 is 11.6 Å². The van der Waals surface area contributed by atoms with Crippen molar-refractivity contribution in [3.63, 3.8) is 0 Å². The van der Waals surface area contributed by atoms with Gasteiger partial charge in [-0.05, 0) is 12.1 Å². The molecule has 0 saturated heterocycles. The molecule has 0 amide bonds. The van der Waals surface area contributed by atoms with Gasteiger partial charge in [0.15, 0.2) is 0 Å². The Morgan fingerprint density at radius 2 is 2.07 bits per heavy atom. The molecular formula is C9H5ClN2O2. The number of aromatic nitrogens is 2. The topological polar surface area (TPSA) is 63.1 Å². The van der Waals surface area contributed by atoms with Gasteiger partial charge in [0.05, 0.1) is 10.5 Å². The Hall–Kier alpha value is -1.68. The number of hydrogen-bond acceptors (Lipinski definition) is 3. The second kappa shape index (κ2) is 3.23. The SMILES string of the molecule is O=C(O)c1cc2ncc(Cl)cc2cn1. The highest BCUT2D eigenvalue weighted by Crippen LogP contribution is 2.16. The summed E-state index contributed by atoms with van der Waals surface area (Å²) in [6.45, 7) is 0. The van der Waals surface area contributed by atoms with E-state index in [1.165, 1.54) is 18.5 Å². The molecule has 0 aromatic carbocycles. The zero-order valence-electron chi connectivity index (χ0n) is 6.94. The van der Waals surface area contributed by atoms with E-state index in [4.69, 9.17) is 16.7 Å². The third-order valence-electron chi connectivity index (χ3n) is 1.75. The minimum absolute atomic E-state index is 0.0210.